The highest BCUT2D eigenvalue weighted by Crippen LogP contribution is 2.38. The summed E-state index contributed by atoms with van der Waals surface area (Å²) in [4.78, 5) is 13.5. The van der Waals surface area contributed by atoms with Crippen LogP contribution < -0.4 is 5.32 Å². The summed E-state index contributed by atoms with van der Waals surface area (Å²) in [6, 6.07) is 0.209. The minimum absolute atomic E-state index is 0.0598. The molecular formula is C24H52N2O4Si. The number of nitrogens with one attached hydrogen (secondary N) is 1. The van der Waals surface area contributed by atoms with E-state index in [9.17, 15) is 9.90 Å². The third-order valence-electron chi connectivity index (χ3n) is 5.78. The van der Waals surface area contributed by atoms with Crippen molar-refractivity contribution in [2.75, 3.05) is 26.2 Å². The SMILES string of the molecule is C[C@H](CN[C@@H](C)COC(C)(C)C)[C@H](CN(CC(C)(C)C)C(=O)O)O[Si](C)(C)C(C)(C)C. The predicted octanol–water partition coefficient (Wildman–Crippen LogP) is 5.83. The molecule has 0 saturated carbocycles. The first kappa shape index (κ1) is 30.4. The van der Waals surface area contributed by atoms with Crippen LogP contribution in [0.2, 0.25) is 18.1 Å². The van der Waals surface area contributed by atoms with Gasteiger partial charge >= 0.3 is 6.09 Å². The third kappa shape index (κ3) is 12.9. The smallest absolute Gasteiger partial charge is 0.407 e. The van der Waals surface area contributed by atoms with Crippen LogP contribution in [0.4, 0.5) is 4.79 Å². The van der Waals surface area contributed by atoms with E-state index in [2.05, 4.69) is 94.6 Å². The fourth-order valence-corrected chi connectivity index (χ4v) is 4.26. The van der Waals surface area contributed by atoms with Crippen molar-refractivity contribution in [1.82, 2.24) is 10.2 Å². The van der Waals surface area contributed by atoms with E-state index >= 15 is 0 Å². The van der Waals surface area contributed by atoms with Gasteiger partial charge in [0.1, 0.15) is 0 Å². The van der Waals surface area contributed by atoms with E-state index in [1.54, 1.807) is 0 Å². The molecule has 31 heavy (non-hydrogen) atoms. The Morgan fingerprint density at radius 2 is 1.55 bits per heavy atom. The van der Waals surface area contributed by atoms with Gasteiger partial charge in [-0.15, -0.1) is 0 Å². The van der Waals surface area contributed by atoms with Crippen LogP contribution in [-0.2, 0) is 9.16 Å². The number of hydrogen-bond donors (Lipinski definition) is 2. The summed E-state index contributed by atoms with van der Waals surface area (Å²) < 4.78 is 12.7. The first-order chi connectivity index (χ1) is 13.6. The van der Waals surface area contributed by atoms with Gasteiger partial charge in [-0.25, -0.2) is 4.79 Å². The zero-order chi connectivity index (χ0) is 24.8. The lowest BCUT2D eigenvalue weighted by Gasteiger charge is -2.42. The Hall–Kier alpha value is -0.633. The molecular weight excluding hydrogens is 408 g/mol. The van der Waals surface area contributed by atoms with E-state index in [4.69, 9.17) is 9.16 Å². The maximum atomic E-state index is 12.0. The van der Waals surface area contributed by atoms with E-state index in [-0.39, 0.29) is 34.1 Å². The molecule has 0 heterocycles. The number of carboxylic acid groups (broad SMARTS) is 1. The fourth-order valence-electron chi connectivity index (χ4n) is 2.84. The first-order valence-electron chi connectivity index (χ1n) is 11.7. The van der Waals surface area contributed by atoms with Crippen molar-refractivity contribution in [2.24, 2.45) is 11.3 Å². The van der Waals surface area contributed by atoms with Crippen LogP contribution in [0.15, 0.2) is 0 Å². The summed E-state index contributed by atoms with van der Waals surface area (Å²) in [6.07, 6.45) is -1.05. The molecule has 0 aliphatic carbocycles. The molecule has 0 unspecified atom stereocenters. The molecule has 0 rings (SSSR count). The summed E-state index contributed by atoms with van der Waals surface area (Å²) in [6.45, 7) is 30.0. The minimum Gasteiger partial charge on any atom is -0.465 e. The number of carbonyl (C=O) groups is 1. The molecule has 0 aliphatic heterocycles. The molecule has 186 valence electrons. The Kier molecular flexibility index (Phi) is 11.2. The lowest BCUT2D eigenvalue weighted by molar-refractivity contribution is -0.0135. The molecule has 6 nitrogen and oxygen atoms in total. The fraction of sp³-hybridized carbons (Fsp3) is 0.958. The van der Waals surface area contributed by atoms with Crippen LogP contribution in [0.3, 0.4) is 0 Å². The van der Waals surface area contributed by atoms with Crippen molar-refractivity contribution in [3.05, 3.63) is 0 Å². The second-order valence-electron chi connectivity index (χ2n) is 12.9. The summed E-state index contributed by atoms with van der Waals surface area (Å²) >= 11 is 0. The van der Waals surface area contributed by atoms with Gasteiger partial charge in [-0.3, -0.25) is 0 Å². The average Bonchev–Trinajstić information content (AvgIpc) is 2.53. The van der Waals surface area contributed by atoms with Gasteiger partial charge in [-0.2, -0.15) is 0 Å². The van der Waals surface area contributed by atoms with Crippen molar-refractivity contribution in [3.63, 3.8) is 0 Å². The quantitative estimate of drug-likeness (QED) is 0.379. The third-order valence-corrected chi connectivity index (χ3v) is 10.3. The molecule has 3 atom stereocenters. The van der Waals surface area contributed by atoms with Gasteiger partial charge in [0.05, 0.1) is 18.3 Å². The number of hydrogen-bond acceptors (Lipinski definition) is 4. The highest BCUT2D eigenvalue weighted by atomic mass is 28.4. The van der Waals surface area contributed by atoms with Crippen molar-refractivity contribution in [2.45, 2.75) is 112 Å². The Bertz CT molecular complexity index is 547. The Morgan fingerprint density at radius 3 is 1.94 bits per heavy atom. The Balaban J connectivity index is 5.39. The molecule has 0 aromatic rings. The van der Waals surface area contributed by atoms with Crippen LogP contribution in [0.25, 0.3) is 0 Å². The molecule has 0 aromatic heterocycles. The zero-order valence-corrected chi connectivity index (χ0v) is 23.7. The highest BCUT2D eigenvalue weighted by Gasteiger charge is 2.41. The molecule has 7 heteroatoms. The van der Waals surface area contributed by atoms with Crippen LogP contribution in [0.5, 0.6) is 0 Å². The van der Waals surface area contributed by atoms with E-state index < -0.39 is 14.4 Å². The molecule has 0 spiro atoms. The maximum absolute atomic E-state index is 12.0. The molecule has 0 bridgehead atoms. The number of rotatable bonds is 11. The van der Waals surface area contributed by atoms with Gasteiger partial charge < -0.3 is 24.5 Å². The summed E-state index contributed by atoms with van der Waals surface area (Å²) in [5.41, 5.74) is -0.273. The average molecular weight is 461 g/mol. The largest absolute Gasteiger partial charge is 0.465 e. The van der Waals surface area contributed by atoms with Gasteiger partial charge in [0.2, 0.25) is 0 Å². The van der Waals surface area contributed by atoms with E-state index in [0.29, 0.717) is 19.7 Å². The maximum Gasteiger partial charge on any atom is 0.407 e. The van der Waals surface area contributed by atoms with Crippen LogP contribution >= 0.6 is 0 Å². The highest BCUT2D eigenvalue weighted by molar-refractivity contribution is 6.74. The van der Waals surface area contributed by atoms with Gasteiger partial charge in [-0.05, 0) is 57.2 Å². The molecule has 1 amide bonds. The lowest BCUT2D eigenvalue weighted by Crippen LogP contribution is -2.52. The van der Waals surface area contributed by atoms with Gasteiger partial charge in [-0.1, -0.05) is 48.5 Å². The molecule has 0 radical (unpaired) electrons. The molecule has 0 saturated heterocycles. The van der Waals surface area contributed by atoms with E-state index in [0.717, 1.165) is 6.54 Å². The van der Waals surface area contributed by atoms with Crippen LogP contribution in [0.1, 0.15) is 76.2 Å². The van der Waals surface area contributed by atoms with Crippen molar-refractivity contribution >= 4 is 14.4 Å². The molecule has 0 aliphatic rings. The summed E-state index contributed by atoms with van der Waals surface area (Å²) in [5.74, 6) is 0.160. The Labute approximate surface area is 193 Å². The second-order valence-corrected chi connectivity index (χ2v) is 17.6. The zero-order valence-electron chi connectivity index (χ0n) is 22.7. The van der Waals surface area contributed by atoms with Gasteiger partial charge in [0.25, 0.3) is 0 Å². The Morgan fingerprint density at radius 1 is 1.03 bits per heavy atom. The van der Waals surface area contributed by atoms with Gasteiger partial charge in [0, 0.05) is 25.7 Å². The van der Waals surface area contributed by atoms with Crippen molar-refractivity contribution < 1.29 is 19.1 Å². The minimum atomic E-state index is -2.06. The molecule has 2 N–H and O–H groups in total. The van der Waals surface area contributed by atoms with E-state index in [1.807, 2.05) is 0 Å². The van der Waals surface area contributed by atoms with Crippen LogP contribution in [0, 0.1) is 11.3 Å². The number of nitrogens with zero attached hydrogens (tertiary/aromatic N) is 1. The van der Waals surface area contributed by atoms with E-state index in [1.165, 1.54) is 4.90 Å². The topological polar surface area (TPSA) is 71.0 Å². The predicted molar refractivity (Wildman–Crippen MR) is 133 cm³/mol. The van der Waals surface area contributed by atoms with Crippen LogP contribution in [-0.4, -0.2) is 68.4 Å². The second kappa shape index (κ2) is 11.5. The standard InChI is InChI=1S/C24H52N2O4Si/c1-18(14-25-19(2)16-29-23(6,7)8)20(30-31(12,13)24(9,10)11)15-26(21(27)28)17-22(3,4)5/h18-20,25H,14-17H2,1-13H3,(H,27,28)/t18-,19+,20+/m1/s1. The normalized spacial score (nSPS) is 16.7. The molecule has 0 fully saturated rings. The molecule has 0 aromatic carbocycles. The lowest BCUT2D eigenvalue weighted by atomic mass is 9.95. The number of ether oxygens (including phenoxy) is 1. The van der Waals surface area contributed by atoms with Gasteiger partial charge in [0.15, 0.2) is 8.32 Å². The van der Waals surface area contributed by atoms with Crippen molar-refractivity contribution in [1.29, 1.82) is 0 Å². The summed E-state index contributed by atoms with van der Waals surface area (Å²) in [5, 5.41) is 13.5. The summed E-state index contributed by atoms with van der Waals surface area (Å²) in [7, 11) is -2.06. The number of amides is 1. The monoisotopic (exact) mass is 460 g/mol. The van der Waals surface area contributed by atoms with Crippen molar-refractivity contribution in [3.8, 4) is 0 Å². The first-order valence-corrected chi connectivity index (χ1v) is 14.6.